The number of benzene rings is 1. The van der Waals surface area contributed by atoms with Crippen LogP contribution >= 0.6 is 0 Å². The minimum Gasteiger partial charge on any atom is -0.408 e. The molecule has 2 fully saturated rings. The van der Waals surface area contributed by atoms with Crippen LogP contribution in [0, 0.1) is 6.92 Å². The second kappa shape index (κ2) is 8.43. The average Bonchev–Trinajstić information content (AvgIpc) is 3.12. The van der Waals surface area contributed by atoms with Gasteiger partial charge in [-0.15, -0.1) is 0 Å². The van der Waals surface area contributed by atoms with E-state index in [1.807, 2.05) is 13.0 Å². The Labute approximate surface area is 191 Å². The van der Waals surface area contributed by atoms with Gasteiger partial charge in [-0.05, 0) is 25.1 Å². The van der Waals surface area contributed by atoms with Gasteiger partial charge in [0, 0.05) is 52.4 Å². The van der Waals surface area contributed by atoms with Crippen LogP contribution in [-0.4, -0.2) is 79.7 Å². The van der Waals surface area contributed by atoms with E-state index in [4.69, 9.17) is 9.15 Å². The minimum atomic E-state index is -3.71. The van der Waals surface area contributed by atoms with Crippen molar-refractivity contribution in [2.75, 3.05) is 62.3 Å². The van der Waals surface area contributed by atoms with Gasteiger partial charge in [-0.3, -0.25) is 4.57 Å². The lowest BCUT2D eigenvalue weighted by Crippen LogP contribution is -2.49. The molecule has 2 aliphatic rings. The maximum Gasteiger partial charge on any atom is 0.419 e. The van der Waals surface area contributed by atoms with Crippen molar-refractivity contribution in [3.8, 4) is 0 Å². The van der Waals surface area contributed by atoms with Gasteiger partial charge in [0.05, 0.1) is 23.6 Å². The van der Waals surface area contributed by atoms with E-state index in [1.165, 1.54) is 27.1 Å². The van der Waals surface area contributed by atoms with E-state index >= 15 is 0 Å². The number of hydrogen-bond donors (Lipinski definition) is 0. The van der Waals surface area contributed by atoms with Crippen LogP contribution in [-0.2, 0) is 21.8 Å². The van der Waals surface area contributed by atoms with Crippen LogP contribution in [0.4, 0.5) is 11.6 Å². The van der Waals surface area contributed by atoms with E-state index in [1.54, 1.807) is 7.05 Å². The van der Waals surface area contributed by atoms with Crippen molar-refractivity contribution in [2.24, 2.45) is 7.05 Å². The predicted molar refractivity (Wildman–Crippen MR) is 122 cm³/mol. The topological polar surface area (TPSA) is 114 Å². The first-order valence-corrected chi connectivity index (χ1v) is 12.3. The lowest BCUT2D eigenvalue weighted by molar-refractivity contribution is 0.122. The summed E-state index contributed by atoms with van der Waals surface area (Å²) < 4.78 is 39.8. The van der Waals surface area contributed by atoms with Gasteiger partial charge in [0.2, 0.25) is 10.0 Å². The van der Waals surface area contributed by atoms with Crippen molar-refractivity contribution in [1.29, 1.82) is 0 Å². The van der Waals surface area contributed by atoms with Gasteiger partial charge >= 0.3 is 5.76 Å². The molecule has 2 saturated heterocycles. The summed E-state index contributed by atoms with van der Waals surface area (Å²) in [5, 5.41) is 0. The van der Waals surface area contributed by atoms with Crippen molar-refractivity contribution < 1.29 is 17.6 Å². The highest BCUT2D eigenvalue weighted by Gasteiger charge is 2.30. The third-order valence-corrected chi connectivity index (χ3v) is 8.00. The molecule has 0 saturated carbocycles. The molecular weight excluding hydrogens is 448 g/mol. The number of rotatable bonds is 4. The molecule has 176 valence electrons. The van der Waals surface area contributed by atoms with Gasteiger partial charge in [0.15, 0.2) is 5.58 Å². The number of nitrogens with zero attached hydrogens (tertiary/aromatic N) is 6. The van der Waals surface area contributed by atoms with E-state index in [9.17, 15) is 13.2 Å². The van der Waals surface area contributed by atoms with Crippen molar-refractivity contribution in [3.05, 3.63) is 40.6 Å². The van der Waals surface area contributed by atoms with Gasteiger partial charge in [-0.2, -0.15) is 4.31 Å². The summed E-state index contributed by atoms with van der Waals surface area (Å²) in [6, 6.07) is 6.46. The number of fused-ring (bicyclic) bond motifs is 1. The second-order valence-corrected chi connectivity index (χ2v) is 10.1. The quantitative estimate of drug-likeness (QED) is 0.536. The fourth-order valence-corrected chi connectivity index (χ4v) is 5.67. The van der Waals surface area contributed by atoms with Crippen LogP contribution in [0.25, 0.3) is 11.1 Å². The Morgan fingerprint density at radius 3 is 2.21 bits per heavy atom. The van der Waals surface area contributed by atoms with Crippen LogP contribution in [0.15, 0.2) is 38.4 Å². The maximum atomic E-state index is 13.3. The minimum absolute atomic E-state index is 0.146. The first-order chi connectivity index (χ1) is 15.8. The fourth-order valence-electron chi connectivity index (χ4n) is 4.23. The molecule has 12 heteroatoms. The number of anilines is 2. The van der Waals surface area contributed by atoms with Crippen molar-refractivity contribution in [1.82, 2.24) is 18.8 Å². The SMILES string of the molecule is Cc1nc(N2CCOCC2)cc(N2CCN(S(=O)(=O)c3ccc4oc(=O)n(C)c4c3)CC2)n1. The smallest absolute Gasteiger partial charge is 0.408 e. The molecule has 3 aromatic rings. The molecule has 0 spiro atoms. The molecule has 33 heavy (non-hydrogen) atoms. The zero-order valence-corrected chi connectivity index (χ0v) is 19.4. The highest BCUT2D eigenvalue weighted by molar-refractivity contribution is 7.89. The van der Waals surface area contributed by atoms with Crippen molar-refractivity contribution in [3.63, 3.8) is 0 Å². The molecule has 0 N–H and O–H groups in total. The molecule has 0 aliphatic carbocycles. The van der Waals surface area contributed by atoms with Crippen LogP contribution in [0.1, 0.15) is 5.82 Å². The Kier molecular flexibility index (Phi) is 5.59. The highest BCUT2D eigenvalue weighted by Crippen LogP contribution is 2.25. The maximum absolute atomic E-state index is 13.3. The van der Waals surface area contributed by atoms with Crippen LogP contribution < -0.4 is 15.6 Å². The number of morpholine rings is 1. The summed E-state index contributed by atoms with van der Waals surface area (Å²) in [7, 11) is -2.15. The number of hydrogen-bond acceptors (Lipinski definition) is 9. The Morgan fingerprint density at radius 1 is 0.909 bits per heavy atom. The normalized spacial score (nSPS) is 18.2. The lowest BCUT2D eigenvalue weighted by Gasteiger charge is -2.35. The van der Waals surface area contributed by atoms with Crippen LogP contribution in [0.3, 0.4) is 0 Å². The Hall–Kier alpha value is -2.96. The summed E-state index contributed by atoms with van der Waals surface area (Å²) in [6.45, 7) is 6.49. The summed E-state index contributed by atoms with van der Waals surface area (Å²) >= 11 is 0. The standard InChI is InChI=1S/C21H26N6O5S/c1-15-22-19(14-20(23-15)26-9-11-31-12-10-26)25-5-7-27(8-6-25)33(29,30)16-3-4-18-17(13-16)24(2)21(28)32-18/h3-4,13-14H,5-12H2,1-2H3. The first-order valence-electron chi connectivity index (χ1n) is 10.9. The van der Waals surface area contributed by atoms with E-state index in [2.05, 4.69) is 19.8 Å². The molecule has 0 atom stereocenters. The van der Waals surface area contributed by atoms with Gasteiger partial charge in [-0.25, -0.2) is 23.2 Å². The van der Waals surface area contributed by atoms with Crippen molar-refractivity contribution >= 4 is 32.8 Å². The molecule has 0 unspecified atom stereocenters. The Bertz CT molecular complexity index is 1340. The number of aromatic nitrogens is 3. The number of aryl methyl sites for hydroxylation is 2. The number of ether oxygens (including phenoxy) is 1. The molecule has 2 aliphatic heterocycles. The Balaban J connectivity index is 1.33. The van der Waals surface area contributed by atoms with Gasteiger partial charge < -0.3 is 19.0 Å². The number of piperazine rings is 1. The van der Waals surface area contributed by atoms with E-state index in [0.717, 1.165) is 24.7 Å². The average molecular weight is 475 g/mol. The van der Waals surface area contributed by atoms with E-state index < -0.39 is 15.8 Å². The monoisotopic (exact) mass is 474 g/mol. The number of sulfonamides is 1. The molecular formula is C21H26N6O5S. The third-order valence-electron chi connectivity index (χ3n) is 6.11. The van der Waals surface area contributed by atoms with Crippen molar-refractivity contribution in [2.45, 2.75) is 11.8 Å². The molecule has 0 amide bonds. The first kappa shape index (κ1) is 21.9. The van der Waals surface area contributed by atoms with Crippen LogP contribution in [0.2, 0.25) is 0 Å². The summed E-state index contributed by atoms with van der Waals surface area (Å²) in [5.41, 5.74) is 0.813. The van der Waals surface area contributed by atoms with Crippen LogP contribution in [0.5, 0.6) is 0 Å². The van der Waals surface area contributed by atoms with E-state index in [0.29, 0.717) is 56.3 Å². The Morgan fingerprint density at radius 2 is 1.55 bits per heavy atom. The third kappa shape index (κ3) is 4.09. The zero-order chi connectivity index (χ0) is 23.2. The molecule has 0 radical (unpaired) electrons. The molecule has 4 heterocycles. The van der Waals surface area contributed by atoms with Gasteiger partial charge in [0.25, 0.3) is 0 Å². The molecule has 1 aromatic carbocycles. The fraction of sp³-hybridized carbons (Fsp3) is 0.476. The summed E-state index contributed by atoms with van der Waals surface area (Å²) in [5.74, 6) is 1.83. The van der Waals surface area contributed by atoms with E-state index in [-0.39, 0.29) is 4.90 Å². The lowest BCUT2D eigenvalue weighted by atomic mass is 10.3. The number of oxazole rings is 1. The van der Waals surface area contributed by atoms with Gasteiger partial charge in [-0.1, -0.05) is 0 Å². The molecule has 5 rings (SSSR count). The highest BCUT2D eigenvalue weighted by atomic mass is 32.2. The zero-order valence-electron chi connectivity index (χ0n) is 18.6. The summed E-state index contributed by atoms with van der Waals surface area (Å²) in [4.78, 5) is 25.3. The second-order valence-electron chi connectivity index (χ2n) is 8.18. The predicted octanol–water partition coefficient (Wildman–Crippen LogP) is 0.577. The van der Waals surface area contributed by atoms with Gasteiger partial charge in [0.1, 0.15) is 17.5 Å². The molecule has 0 bridgehead atoms. The summed E-state index contributed by atoms with van der Waals surface area (Å²) in [6.07, 6.45) is 0. The molecule has 11 nitrogen and oxygen atoms in total. The largest absolute Gasteiger partial charge is 0.419 e. The molecule has 2 aromatic heterocycles.